The lowest BCUT2D eigenvalue weighted by Gasteiger charge is -2.61. The Morgan fingerprint density at radius 1 is 1.21 bits per heavy atom. The number of hydrogen-bond acceptors (Lipinski definition) is 7. The molecule has 4 aliphatic rings. The van der Waals surface area contributed by atoms with Gasteiger partial charge in [-0.2, -0.15) is 0 Å². The molecule has 4 fully saturated rings. The van der Waals surface area contributed by atoms with Crippen molar-refractivity contribution < 1.29 is 13.5 Å². The van der Waals surface area contributed by atoms with E-state index in [4.69, 9.17) is 14.7 Å². The van der Waals surface area contributed by atoms with E-state index in [-0.39, 0.29) is 30.6 Å². The largest absolute Gasteiger partial charge is 0.497 e. The maximum atomic E-state index is 14.8. The maximum Gasteiger partial charge on any atom is 0.261 e. The van der Waals surface area contributed by atoms with Gasteiger partial charge < -0.3 is 25.3 Å². The van der Waals surface area contributed by atoms with Crippen LogP contribution in [0.1, 0.15) is 39.2 Å². The van der Waals surface area contributed by atoms with Crippen molar-refractivity contribution in [2.45, 2.75) is 58.7 Å². The molecule has 3 saturated carbocycles. The van der Waals surface area contributed by atoms with E-state index in [1.807, 2.05) is 12.1 Å². The van der Waals surface area contributed by atoms with Crippen LogP contribution in [-0.4, -0.2) is 81.1 Å². The van der Waals surface area contributed by atoms with Crippen LogP contribution in [0, 0.1) is 29.0 Å². The highest BCUT2D eigenvalue weighted by Gasteiger charge is 2.56. The third-order valence-corrected chi connectivity index (χ3v) is 11.0. The average molecular weight is 660 g/mol. The number of alkyl halides is 1. The van der Waals surface area contributed by atoms with Crippen molar-refractivity contribution >= 4 is 22.5 Å². The van der Waals surface area contributed by atoms with Gasteiger partial charge in [-0.1, -0.05) is 26.8 Å². The zero-order chi connectivity index (χ0) is 33.6. The fourth-order valence-corrected chi connectivity index (χ4v) is 7.99. The van der Waals surface area contributed by atoms with Gasteiger partial charge in [0.15, 0.2) is 17.6 Å². The molecule has 8 rings (SSSR count). The summed E-state index contributed by atoms with van der Waals surface area (Å²) in [5, 5.41) is 15.2. The topological polar surface area (TPSA) is 125 Å². The summed E-state index contributed by atoms with van der Waals surface area (Å²) in [5.41, 5.74) is 1.71. The number of piperazine rings is 1. The normalized spacial score (nSPS) is 25.2. The van der Waals surface area contributed by atoms with E-state index < -0.39 is 12.5 Å². The third-order valence-electron chi connectivity index (χ3n) is 11.0. The lowest BCUT2D eigenvalue weighted by Crippen LogP contribution is -2.58. The Bertz CT molecular complexity index is 1880. The standard InChI is InChI=1S/C35H43F2N9O2/c1-20-27-13-22(35(27,2)3)14-29(20)43-34(45-12-10-38-24(17-36)18-45)41-23-6-8-26-30(15-23)42-32(31-39-19-40-44-31)46(33(26)47)11-9-21-5-7-25(48-4)16-28(21)37/h5-8,15-16,19-20,22,24,27,29,38H,9-14,17-18H2,1-4H3,(H,41,43)(H,39,40,44)/t20-,22+,24-,27-,29?/m0/s1. The number of nitrogens with one attached hydrogen (secondary N) is 3. The number of benzene rings is 2. The van der Waals surface area contributed by atoms with Crippen molar-refractivity contribution in [3.8, 4) is 17.4 Å². The van der Waals surface area contributed by atoms with Crippen LogP contribution in [0.3, 0.4) is 0 Å². The first-order valence-electron chi connectivity index (χ1n) is 16.8. The minimum Gasteiger partial charge on any atom is -0.497 e. The van der Waals surface area contributed by atoms with Gasteiger partial charge >= 0.3 is 0 Å². The van der Waals surface area contributed by atoms with Crippen LogP contribution in [0.4, 0.5) is 14.5 Å². The molecule has 3 heterocycles. The molecule has 0 radical (unpaired) electrons. The number of aromatic amines is 1. The highest BCUT2D eigenvalue weighted by atomic mass is 19.1. The van der Waals surface area contributed by atoms with Crippen LogP contribution in [0.2, 0.25) is 0 Å². The number of halogens is 2. The molecule has 2 aromatic heterocycles. The van der Waals surface area contributed by atoms with Crippen molar-refractivity contribution in [1.82, 2.24) is 34.9 Å². The monoisotopic (exact) mass is 659 g/mol. The van der Waals surface area contributed by atoms with E-state index in [0.717, 1.165) is 18.1 Å². The molecule has 2 bridgehead atoms. The molecule has 5 atom stereocenters. The zero-order valence-electron chi connectivity index (χ0n) is 27.8. The van der Waals surface area contributed by atoms with E-state index in [1.54, 1.807) is 18.2 Å². The highest BCUT2D eigenvalue weighted by Crippen LogP contribution is 2.61. The number of hydrogen-bond donors (Lipinski definition) is 3. The molecule has 0 spiro atoms. The summed E-state index contributed by atoms with van der Waals surface area (Å²) in [6.07, 6.45) is 3.98. The molecule has 1 aliphatic heterocycles. The van der Waals surface area contributed by atoms with Gasteiger partial charge in [-0.25, -0.2) is 18.8 Å². The minimum atomic E-state index is -0.455. The number of aryl methyl sites for hydroxylation is 1. The quantitative estimate of drug-likeness (QED) is 0.185. The summed E-state index contributed by atoms with van der Waals surface area (Å²) in [4.78, 5) is 29.2. The molecule has 11 nitrogen and oxygen atoms in total. The number of ether oxygens (including phenoxy) is 1. The van der Waals surface area contributed by atoms with Crippen LogP contribution in [0.5, 0.6) is 5.75 Å². The van der Waals surface area contributed by atoms with Crippen molar-refractivity contribution in [1.29, 1.82) is 0 Å². The van der Waals surface area contributed by atoms with Gasteiger partial charge in [-0.05, 0) is 72.3 Å². The molecular weight excluding hydrogens is 616 g/mol. The molecule has 4 aromatic rings. The number of methoxy groups -OCH3 is 1. The lowest BCUT2D eigenvalue weighted by atomic mass is 9.45. The number of H-pyrrole nitrogens is 1. The molecule has 3 aliphatic carbocycles. The average Bonchev–Trinajstić information content (AvgIpc) is 3.63. The minimum absolute atomic E-state index is 0.169. The number of guanidine groups is 1. The molecule has 1 unspecified atom stereocenters. The first-order valence-corrected chi connectivity index (χ1v) is 16.8. The number of rotatable bonds is 8. The SMILES string of the molecule is COc1ccc(CCn2c(-c3nnc[nH]3)nc3cc(N/C(=N/C4C[C@H]5C[C@@H]([C@@H]4C)C5(C)C)N4CCN[C@@H](CF)C4)ccc3c2=O)c(F)c1. The van der Waals surface area contributed by atoms with Crippen LogP contribution < -0.4 is 20.9 Å². The summed E-state index contributed by atoms with van der Waals surface area (Å²) in [6.45, 7) is 8.65. The Hall–Kier alpha value is -4.39. The van der Waals surface area contributed by atoms with Gasteiger partial charge in [0.25, 0.3) is 5.56 Å². The van der Waals surface area contributed by atoms with Gasteiger partial charge in [0.2, 0.25) is 0 Å². The Balaban J connectivity index is 1.22. The van der Waals surface area contributed by atoms with E-state index in [1.165, 1.54) is 30.5 Å². The van der Waals surface area contributed by atoms with E-state index in [2.05, 4.69) is 51.5 Å². The number of fused-ring (bicyclic) bond motifs is 3. The first-order chi connectivity index (χ1) is 23.2. The molecule has 13 heteroatoms. The van der Waals surface area contributed by atoms with Crippen LogP contribution >= 0.6 is 0 Å². The molecule has 3 N–H and O–H groups in total. The molecule has 0 amide bonds. The maximum absolute atomic E-state index is 14.8. The van der Waals surface area contributed by atoms with Crippen LogP contribution in [0.25, 0.3) is 22.6 Å². The predicted octanol–water partition coefficient (Wildman–Crippen LogP) is 4.65. The summed E-state index contributed by atoms with van der Waals surface area (Å²) in [7, 11) is 1.49. The second-order valence-corrected chi connectivity index (χ2v) is 14.0. The van der Waals surface area contributed by atoms with Crippen molar-refractivity contribution in [3.63, 3.8) is 0 Å². The van der Waals surface area contributed by atoms with Gasteiger partial charge in [-0.3, -0.25) is 9.36 Å². The lowest BCUT2D eigenvalue weighted by molar-refractivity contribution is -0.108. The van der Waals surface area contributed by atoms with Gasteiger partial charge in [0.1, 0.15) is 24.6 Å². The fourth-order valence-electron chi connectivity index (χ4n) is 7.99. The second-order valence-electron chi connectivity index (χ2n) is 14.0. The third kappa shape index (κ3) is 5.93. The van der Waals surface area contributed by atoms with Crippen molar-refractivity contribution in [2.24, 2.45) is 28.2 Å². The number of anilines is 1. The Labute approximate surface area is 278 Å². The molecule has 1 saturated heterocycles. The van der Waals surface area contributed by atoms with E-state index >= 15 is 0 Å². The van der Waals surface area contributed by atoms with Crippen LogP contribution in [-0.2, 0) is 13.0 Å². The smallest absolute Gasteiger partial charge is 0.261 e. The fraction of sp³-hybridized carbons (Fsp3) is 0.514. The highest BCUT2D eigenvalue weighted by molar-refractivity contribution is 5.96. The number of aromatic nitrogens is 5. The summed E-state index contributed by atoms with van der Waals surface area (Å²) in [5.74, 6) is 3.09. The zero-order valence-corrected chi connectivity index (χ0v) is 27.8. The summed E-state index contributed by atoms with van der Waals surface area (Å²) in [6, 6.07) is 10.0. The van der Waals surface area contributed by atoms with Crippen LogP contribution in [0.15, 0.2) is 52.5 Å². The van der Waals surface area contributed by atoms with E-state index in [9.17, 15) is 13.6 Å². The second kappa shape index (κ2) is 12.9. The Morgan fingerprint density at radius 3 is 2.77 bits per heavy atom. The van der Waals surface area contributed by atoms with Gasteiger partial charge in [0, 0.05) is 37.9 Å². The van der Waals surface area contributed by atoms with Crippen molar-refractivity contribution in [3.05, 3.63) is 64.5 Å². The first kappa shape index (κ1) is 32.2. The molecule has 48 heavy (non-hydrogen) atoms. The Morgan fingerprint density at radius 2 is 2.06 bits per heavy atom. The predicted molar refractivity (Wildman–Crippen MR) is 181 cm³/mol. The number of nitrogens with zero attached hydrogens (tertiary/aromatic N) is 6. The molecular formula is C35H43F2N9O2. The van der Waals surface area contributed by atoms with Crippen molar-refractivity contribution in [2.75, 3.05) is 38.7 Å². The van der Waals surface area contributed by atoms with E-state index in [0.29, 0.717) is 76.7 Å². The number of aliphatic imine (C=N–C) groups is 1. The molecule has 2 aromatic carbocycles. The Kier molecular flexibility index (Phi) is 8.65. The summed E-state index contributed by atoms with van der Waals surface area (Å²) >= 11 is 0. The van der Waals surface area contributed by atoms with Gasteiger partial charge in [0.05, 0.1) is 30.1 Å². The van der Waals surface area contributed by atoms with Gasteiger partial charge in [-0.15, -0.1) is 10.2 Å². The summed E-state index contributed by atoms with van der Waals surface area (Å²) < 4.78 is 35.2. The molecule has 254 valence electrons.